The van der Waals surface area contributed by atoms with Crippen molar-refractivity contribution in [3.8, 4) is 17.2 Å². The Morgan fingerprint density at radius 1 is 1.37 bits per heavy atom. The molecule has 2 aliphatic heterocycles. The van der Waals surface area contributed by atoms with Gasteiger partial charge in [-0.2, -0.15) is 10.4 Å². The molecule has 3 aromatic rings. The van der Waals surface area contributed by atoms with Gasteiger partial charge in [-0.1, -0.05) is 18.7 Å². The van der Waals surface area contributed by atoms with Crippen LogP contribution in [0.4, 0.5) is 5.69 Å². The zero-order chi connectivity index (χ0) is 20.8. The second-order valence-electron chi connectivity index (χ2n) is 7.30. The lowest BCUT2D eigenvalue weighted by Gasteiger charge is -2.14. The molecule has 30 heavy (non-hydrogen) atoms. The Hall–Kier alpha value is -4.12. The number of fused-ring (bicyclic) bond motifs is 2. The summed E-state index contributed by atoms with van der Waals surface area (Å²) in [5.41, 5.74) is 11.7. The second kappa shape index (κ2) is 6.74. The summed E-state index contributed by atoms with van der Waals surface area (Å²) in [5.74, 6) is 0.358. The first-order valence-corrected chi connectivity index (χ1v) is 9.51. The lowest BCUT2D eigenvalue weighted by molar-refractivity contribution is 0.0794. The van der Waals surface area contributed by atoms with Crippen molar-refractivity contribution in [1.82, 2.24) is 15.1 Å². The first kappa shape index (κ1) is 17.9. The number of benzene rings is 2. The van der Waals surface area contributed by atoms with Gasteiger partial charge in [0.2, 0.25) is 5.90 Å². The highest BCUT2D eigenvalue weighted by Crippen LogP contribution is 2.37. The summed E-state index contributed by atoms with van der Waals surface area (Å²) in [7, 11) is 0. The Balaban J connectivity index is 1.60. The Labute approximate surface area is 172 Å². The van der Waals surface area contributed by atoms with Gasteiger partial charge in [-0.3, -0.25) is 9.89 Å². The fourth-order valence-electron chi connectivity index (χ4n) is 3.99. The third-order valence-corrected chi connectivity index (χ3v) is 5.40. The number of aliphatic imine (C=N–C) groups is 1. The van der Waals surface area contributed by atoms with Crippen LogP contribution in [0.25, 0.3) is 22.0 Å². The van der Waals surface area contributed by atoms with E-state index in [1.165, 1.54) is 0 Å². The van der Waals surface area contributed by atoms with Crippen molar-refractivity contribution in [3.05, 3.63) is 59.3 Å². The van der Waals surface area contributed by atoms with Gasteiger partial charge in [0.25, 0.3) is 5.91 Å². The molecule has 0 fully saturated rings. The molecule has 1 amide bonds. The third-order valence-electron chi connectivity index (χ3n) is 5.40. The van der Waals surface area contributed by atoms with E-state index in [4.69, 9.17) is 15.7 Å². The predicted molar refractivity (Wildman–Crippen MR) is 113 cm³/mol. The summed E-state index contributed by atoms with van der Waals surface area (Å²) < 4.78 is 5.58. The van der Waals surface area contributed by atoms with E-state index in [0.29, 0.717) is 48.1 Å². The zero-order valence-corrected chi connectivity index (χ0v) is 16.1. The number of H-pyrrole nitrogens is 1. The quantitative estimate of drug-likeness (QED) is 0.517. The molecule has 0 saturated carbocycles. The van der Waals surface area contributed by atoms with Crippen LogP contribution in [0.2, 0.25) is 0 Å². The summed E-state index contributed by atoms with van der Waals surface area (Å²) in [6.07, 6.45) is 0. The molecule has 2 aliphatic rings. The highest BCUT2D eigenvalue weighted by molar-refractivity contribution is 6.07. The number of rotatable bonds is 4. The van der Waals surface area contributed by atoms with Gasteiger partial charge in [0.15, 0.2) is 5.69 Å². The fraction of sp³-hybridized carbons (Fsp3) is 0.182. The van der Waals surface area contributed by atoms with Gasteiger partial charge in [-0.15, -0.1) is 0 Å². The number of nitrogen functional groups attached to an aromatic ring is 1. The molecule has 0 spiro atoms. The molecule has 0 unspecified atom stereocenters. The molecule has 8 heteroatoms. The summed E-state index contributed by atoms with van der Waals surface area (Å²) in [6, 6.07) is 11.6. The molecule has 3 N–H and O–H groups in total. The van der Waals surface area contributed by atoms with Crippen molar-refractivity contribution in [1.29, 1.82) is 5.26 Å². The number of nitrogens with one attached hydrogen (secondary N) is 1. The number of hydrogen-bond donors (Lipinski definition) is 2. The van der Waals surface area contributed by atoms with Crippen LogP contribution in [0.3, 0.4) is 0 Å². The van der Waals surface area contributed by atoms with E-state index in [2.05, 4.69) is 21.8 Å². The molecular weight excluding hydrogens is 380 g/mol. The Morgan fingerprint density at radius 2 is 2.23 bits per heavy atom. The SMILES string of the molecule is C=C(C#N)CN1Cc2c(-c3ccc4[nH]nc(C5=NCCO5)c4c3)ccc(N)c2C1=O. The number of carbonyl (C=O) groups excluding carboxylic acids is 1. The van der Waals surface area contributed by atoms with Crippen molar-refractivity contribution >= 4 is 28.4 Å². The van der Waals surface area contributed by atoms with Crippen molar-refractivity contribution in [2.24, 2.45) is 4.99 Å². The van der Waals surface area contributed by atoms with Gasteiger partial charge in [-0.25, -0.2) is 4.99 Å². The monoisotopic (exact) mass is 398 g/mol. The number of aromatic amines is 1. The van der Waals surface area contributed by atoms with Crippen molar-refractivity contribution < 1.29 is 9.53 Å². The van der Waals surface area contributed by atoms with Gasteiger partial charge in [0, 0.05) is 23.2 Å². The maximum Gasteiger partial charge on any atom is 0.256 e. The zero-order valence-electron chi connectivity index (χ0n) is 16.1. The minimum Gasteiger partial charge on any atom is -0.474 e. The van der Waals surface area contributed by atoms with Crippen LogP contribution in [0.5, 0.6) is 0 Å². The largest absolute Gasteiger partial charge is 0.474 e. The third kappa shape index (κ3) is 2.71. The second-order valence-corrected chi connectivity index (χ2v) is 7.30. The van der Waals surface area contributed by atoms with Gasteiger partial charge in [0.05, 0.1) is 30.2 Å². The van der Waals surface area contributed by atoms with Crippen LogP contribution >= 0.6 is 0 Å². The molecule has 1 aromatic heterocycles. The minimum atomic E-state index is -0.181. The van der Waals surface area contributed by atoms with Crippen molar-refractivity contribution in [2.75, 3.05) is 25.4 Å². The van der Waals surface area contributed by atoms with E-state index in [1.54, 1.807) is 11.0 Å². The Bertz CT molecular complexity index is 1300. The number of anilines is 1. The number of amides is 1. The molecule has 0 radical (unpaired) electrons. The highest BCUT2D eigenvalue weighted by atomic mass is 16.5. The number of ether oxygens (including phenoxy) is 1. The predicted octanol–water partition coefficient (Wildman–Crippen LogP) is 2.62. The van der Waals surface area contributed by atoms with E-state index < -0.39 is 0 Å². The first-order valence-electron chi connectivity index (χ1n) is 9.51. The smallest absolute Gasteiger partial charge is 0.256 e. The maximum atomic E-state index is 12.9. The Kier molecular flexibility index (Phi) is 4.03. The van der Waals surface area contributed by atoms with Gasteiger partial charge in [-0.05, 0) is 34.9 Å². The molecule has 0 bridgehead atoms. The standard InChI is InChI=1S/C22H18N6O2/c1-12(9-23)10-28-11-16-14(3-4-17(24)19(16)22(28)29)13-2-5-18-15(8-13)20(27-26-18)21-25-6-7-30-21/h2-5,8H,1,6-7,10-11,24H2,(H,26,27). The summed E-state index contributed by atoms with van der Waals surface area (Å²) in [4.78, 5) is 18.9. The van der Waals surface area contributed by atoms with Gasteiger partial charge in [0.1, 0.15) is 6.61 Å². The number of aromatic nitrogens is 2. The molecular formula is C22H18N6O2. The average Bonchev–Trinajstić information content (AvgIpc) is 3.47. The van der Waals surface area contributed by atoms with E-state index in [0.717, 1.165) is 27.6 Å². The van der Waals surface area contributed by atoms with Crippen molar-refractivity contribution in [3.63, 3.8) is 0 Å². The van der Waals surface area contributed by atoms with Crippen LogP contribution < -0.4 is 5.73 Å². The summed E-state index contributed by atoms with van der Waals surface area (Å²) in [5, 5.41) is 17.3. The van der Waals surface area contributed by atoms with E-state index in [9.17, 15) is 4.79 Å². The normalized spacial score (nSPS) is 15.1. The van der Waals surface area contributed by atoms with E-state index >= 15 is 0 Å². The number of carbonyl (C=O) groups is 1. The van der Waals surface area contributed by atoms with Crippen molar-refractivity contribution in [2.45, 2.75) is 6.54 Å². The summed E-state index contributed by atoms with van der Waals surface area (Å²) >= 11 is 0. The van der Waals surface area contributed by atoms with Crippen LogP contribution in [0, 0.1) is 11.3 Å². The molecule has 5 rings (SSSR count). The molecule has 0 saturated heterocycles. The van der Waals surface area contributed by atoms with E-state index in [1.807, 2.05) is 30.3 Å². The van der Waals surface area contributed by atoms with E-state index in [-0.39, 0.29) is 12.5 Å². The molecule has 0 atom stereocenters. The van der Waals surface area contributed by atoms with Crippen LogP contribution in [0.15, 0.2) is 47.5 Å². The van der Waals surface area contributed by atoms with Gasteiger partial charge < -0.3 is 15.4 Å². The number of nitrogens with two attached hydrogens (primary N) is 1. The van der Waals surface area contributed by atoms with Crippen LogP contribution in [-0.2, 0) is 11.3 Å². The number of nitrogens with zero attached hydrogens (tertiary/aromatic N) is 4. The maximum absolute atomic E-state index is 12.9. The minimum absolute atomic E-state index is 0.181. The molecule has 0 aliphatic carbocycles. The molecule has 8 nitrogen and oxygen atoms in total. The molecule has 3 heterocycles. The van der Waals surface area contributed by atoms with Crippen LogP contribution in [0.1, 0.15) is 21.6 Å². The number of hydrogen-bond acceptors (Lipinski definition) is 6. The molecule has 148 valence electrons. The Morgan fingerprint density at radius 3 is 3.00 bits per heavy atom. The number of nitriles is 1. The summed E-state index contributed by atoms with van der Waals surface area (Å²) in [6.45, 7) is 5.44. The average molecular weight is 398 g/mol. The fourth-order valence-corrected chi connectivity index (χ4v) is 3.99. The molecule has 2 aromatic carbocycles. The lowest BCUT2D eigenvalue weighted by atomic mass is 9.95. The first-order chi connectivity index (χ1) is 14.6. The lowest BCUT2D eigenvalue weighted by Crippen LogP contribution is -2.26. The van der Waals surface area contributed by atoms with Gasteiger partial charge >= 0.3 is 0 Å². The topological polar surface area (TPSA) is 120 Å². The van der Waals surface area contributed by atoms with Crippen LogP contribution in [-0.4, -0.2) is 46.6 Å². The highest BCUT2D eigenvalue weighted by Gasteiger charge is 2.32.